The Morgan fingerprint density at radius 3 is 2.42 bits per heavy atom. The first kappa shape index (κ1) is 20.5. The molecule has 0 saturated heterocycles. The van der Waals surface area contributed by atoms with Crippen LogP contribution in [0, 0.1) is 13.8 Å². The number of rotatable bonds is 6. The van der Waals surface area contributed by atoms with Crippen LogP contribution in [0.1, 0.15) is 29.7 Å². The smallest absolute Gasteiger partial charge is 0.241 e. The Balaban J connectivity index is 2.15. The summed E-state index contributed by atoms with van der Waals surface area (Å²) in [6.45, 7) is 5.66. The summed E-state index contributed by atoms with van der Waals surface area (Å²) in [5.41, 5.74) is 3.76. The molecule has 5 nitrogen and oxygen atoms in total. The monoisotopic (exact) mass is 438 g/mol. The van der Waals surface area contributed by atoms with Crippen molar-refractivity contribution < 1.29 is 13.2 Å². The number of hydrogen-bond donors (Lipinski definition) is 1. The Kier molecular flexibility index (Phi) is 6.47. The molecule has 26 heavy (non-hydrogen) atoms. The van der Waals surface area contributed by atoms with Crippen molar-refractivity contribution in [3.63, 3.8) is 0 Å². The Hall–Kier alpha value is -1.86. The number of halogens is 1. The summed E-state index contributed by atoms with van der Waals surface area (Å²) >= 11 is 3.32. The fourth-order valence-corrected chi connectivity index (χ4v) is 3.80. The molecule has 2 rings (SSSR count). The van der Waals surface area contributed by atoms with E-state index < -0.39 is 10.0 Å². The Morgan fingerprint density at radius 2 is 1.85 bits per heavy atom. The Morgan fingerprint density at radius 1 is 1.15 bits per heavy atom. The molecule has 0 saturated carbocycles. The van der Waals surface area contributed by atoms with Gasteiger partial charge in [-0.1, -0.05) is 40.2 Å². The molecule has 140 valence electrons. The van der Waals surface area contributed by atoms with Gasteiger partial charge in [-0.2, -0.15) is 0 Å². The number of sulfonamides is 1. The van der Waals surface area contributed by atoms with Crippen LogP contribution in [0.25, 0.3) is 0 Å². The van der Waals surface area contributed by atoms with Crippen LogP contribution in [0.4, 0.5) is 5.69 Å². The molecule has 2 aromatic carbocycles. The maximum absolute atomic E-state index is 12.5. The van der Waals surface area contributed by atoms with Crippen LogP contribution < -0.4 is 9.62 Å². The van der Waals surface area contributed by atoms with Gasteiger partial charge in [-0.25, -0.2) is 8.42 Å². The molecular formula is C19H23BrN2O3S. The van der Waals surface area contributed by atoms with Gasteiger partial charge in [0.1, 0.15) is 6.54 Å². The van der Waals surface area contributed by atoms with Crippen molar-refractivity contribution in [1.82, 2.24) is 5.32 Å². The molecule has 1 atom stereocenters. The molecule has 0 aromatic heterocycles. The molecule has 0 aliphatic rings. The van der Waals surface area contributed by atoms with Gasteiger partial charge in [0.15, 0.2) is 0 Å². The van der Waals surface area contributed by atoms with E-state index in [-0.39, 0.29) is 18.5 Å². The molecule has 0 fully saturated rings. The van der Waals surface area contributed by atoms with E-state index in [1.165, 1.54) is 5.56 Å². The first-order valence-electron chi connectivity index (χ1n) is 8.17. The highest BCUT2D eigenvalue weighted by molar-refractivity contribution is 9.10. The van der Waals surface area contributed by atoms with Gasteiger partial charge in [-0.05, 0) is 55.7 Å². The second kappa shape index (κ2) is 8.22. The molecule has 2 aromatic rings. The number of aryl methyl sites for hydroxylation is 2. The topological polar surface area (TPSA) is 66.5 Å². The van der Waals surface area contributed by atoms with Crippen molar-refractivity contribution in [3.8, 4) is 0 Å². The lowest BCUT2D eigenvalue weighted by atomic mass is 10.0. The highest BCUT2D eigenvalue weighted by Crippen LogP contribution is 2.22. The number of nitrogens with zero attached hydrogens (tertiary/aromatic N) is 1. The molecule has 0 heterocycles. The van der Waals surface area contributed by atoms with E-state index in [4.69, 9.17) is 0 Å². The highest BCUT2D eigenvalue weighted by atomic mass is 79.9. The van der Waals surface area contributed by atoms with E-state index in [0.717, 1.165) is 26.2 Å². The third-order valence-electron chi connectivity index (χ3n) is 4.19. The number of anilines is 1. The van der Waals surface area contributed by atoms with E-state index in [1.54, 1.807) is 24.3 Å². The second-order valence-electron chi connectivity index (χ2n) is 6.38. The van der Waals surface area contributed by atoms with Crippen molar-refractivity contribution in [2.45, 2.75) is 26.8 Å². The molecule has 0 aliphatic carbocycles. The molecule has 1 N–H and O–H groups in total. The normalized spacial score (nSPS) is 12.5. The van der Waals surface area contributed by atoms with Crippen LogP contribution in [0.15, 0.2) is 46.9 Å². The third-order valence-corrected chi connectivity index (χ3v) is 5.83. The summed E-state index contributed by atoms with van der Waals surface area (Å²) in [6.07, 6.45) is 1.09. The number of amides is 1. The van der Waals surface area contributed by atoms with Crippen molar-refractivity contribution in [1.29, 1.82) is 0 Å². The van der Waals surface area contributed by atoms with E-state index >= 15 is 0 Å². The highest BCUT2D eigenvalue weighted by Gasteiger charge is 2.22. The van der Waals surface area contributed by atoms with Crippen molar-refractivity contribution >= 4 is 37.5 Å². The predicted octanol–water partition coefficient (Wildman–Crippen LogP) is 3.71. The van der Waals surface area contributed by atoms with Crippen LogP contribution in [-0.4, -0.2) is 27.1 Å². The number of hydrogen-bond acceptors (Lipinski definition) is 3. The summed E-state index contributed by atoms with van der Waals surface area (Å²) in [7, 11) is -3.59. The molecule has 1 amide bonds. The summed E-state index contributed by atoms with van der Waals surface area (Å²) in [6, 6.07) is 12.6. The Labute approximate surface area is 163 Å². The van der Waals surface area contributed by atoms with Crippen LogP contribution >= 0.6 is 15.9 Å². The largest absolute Gasteiger partial charge is 0.348 e. The third kappa shape index (κ3) is 5.32. The molecule has 0 aliphatic heterocycles. The van der Waals surface area contributed by atoms with Gasteiger partial charge >= 0.3 is 0 Å². The van der Waals surface area contributed by atoms with E-state index in [0.29, 0.717) is 5.69 Å². The first-order chi connectivity index (χ1) is 12.1. The molecular weight excluding hydrogens is 416 g/mol. The fourth-order valence-electron chi connectivity index (χ4n) is 2.57. The summed E-state index contributed by atoms with van der Waals surface area (Å²) < 4.78 is 26.1. The van der Waals surface area contributed by atoms with Gasteiger partial charge < -0.3 is 5.32 Å². The average molecular weight is 439 g/mol. The van der Waals surface area contributed by atoms with Crippen LogP contribution in [0.5, 0.6) is 0 Å². The average Bonchev–Trinajstić information content (AvgIpc) is 2.54. The number of carbonyl (C=O) groups is 1. The zero-order valence-corrected chi connectivity index (χ0v) is 17.7. The summed E-state index contributed by atoms with van der Waals surface area (Å²) in [5, 5.41) is 2.87. The van der Waals surface area contributed by atoms with E-state index in [9.17, 15) is 13.2 Å². The zero-order valence-electron chi connectivity index (χ0n) is 15.3. The van der Waals surface area contributed by atoms with Gasteiger partial charge in [-0.15, -0.1) is 0 Å². The minimum Gasteiger partial charge on any atom is -0.348 e. The SMILES string of the molecule is Cc1ccc([C@H](C)NC(=O)CN(c2cccc(Br)c2)S(C)(=O)=O)cc1C. The van der Waals surface area contributed by atoms with Crippen LogP contribution in [0.2, 0.25) is 0 Å². The molecule has 7 heteroatoms. The summed E-state index contributed by atoms with van der Waals surface area (Å²) in [4.78, 5) is 12.5. The van der Waals surface area contributed by atoms with Gasteiger partial charge in [0.2, 0.25) is 15.9 Å². The molecule has 0 radical (unpaired) electrons. The molecule has 0 spiro atoms. The van der Waals surface area contributed by atoms with Crippen molar-refractivity contribution in [3.05, 3.63) is 63.6 Å². The van der Waals surface area contributed by atoms with Crippen LogP contribution in [-0.2, 0) is 14.8 Å². The van der Waals surface area contributed by atoms with Gasteiger partial charge in [0.25, 0.3) is 0 Å². The van der Waals surface area contributed by atoms with Gasteiger partial charge in [0.05, 0.1) is 18.0 Å². The van der Waals surface area contributed by atoms with E-state index in [2.05, 4.69) is 21.2 Å². The lowest BCUT2D eigenvalue weighted by molar-refractivity contribution is -0.120. The number of benzene rings is 2. The predicted molar refractivity (Wildman–Crippen MR) is 109 cm³/mol. The lowest BCUT2D eigenvalue weighted by Gasteiger charge is -2.23. The second-order valence-corrected chi connectivity index (χ2v) is 9.20. The number of nitrogens with one attached hydrogen (secondary N) is 1. The number of carbonyl (C=O) groups excluding carboxylic acids is 1. The maximum atomic E-state index is 12.5. The minimum absolute atomic E-state index is 0.217. The Bertz CT molecular complexity index is 913. The van der Waals surface area contributed by atoms with Crippen LogP contribution in [0.3, 0.4) is 0 Å². The van der Waals surface area contributed by atoms with E-state index in [1.807, 2.05) is 39.0 Å². The van der Waals surface area contributed by atoms with Crippen molar-refractivity contribution in [2.75, 3.05) is 17.1 Å². The quantitative estimate of drug-likeness (QED) is 0.747. The van der Waals surface area contributed by atoms with Crippen molar-refractivity contribution in [2.24, 2.45) is 0 Å². The maximum Gasteiger partial charge on any atom is 0.241 e. The zero-order chi connectivity index (χ0) is 19.5. The van der Waals surface area contributed by atoms with Gasteiger partial charge in [0, 0.05) is 4.47 Å². The summed E-state index contributed by atoms with van der Waals surface area (Å²) in [5.74, 6) is -0.360. The lowest BCUT2D eigenvalue weighted by Crippen LogP contribution is -2.41. The molecule has 0 bridgehead atoms. The minimum atomic E-state index is -3.59. The first-order valence-corrected chi connectivity index (χ1v) is 10.8. The standard InChI is InChI=1S/C19H23BrN2O3S/c1-13-8-9-16(10-14(13)2)15(3)21-19(23)12-22(26(4,24)25)18-7-5-6-17(20)11-18/h5-11,15H,12H2,1-4H3,(H,21,23)/t15-/m0/s1. The molecule has 0 unspecified atom stereocenters. The fraction of sp³-hybridized carbons (Fsp3) is 0.316. The van der Waals surface area contributed by atoms with Gasteiger partial charge in [-0.3, -0.25) is 9.10 Å².